The summed E-state index contributed by atoms with van der Waals surface area (Å²) in [6.45, 7) is 5.42. The molecule has 1 heterocycles. The van der Waals surface area contributed by atoms with Gasteiger partial charge in [0.1, 0.15) is 5.69 Å². The second kappa shape index (κ2) is 5.21. The Kier molecular flexibility index (Phi) is 3.73. The number of nitro benzene ring substituents is 1. The van der Waals surface area contributed by atoms with E-state index >= 15 is 0 Å². The Morgan fingerprint density at radius 3 is 2.48 bits per heavy atom. The van der Waals surface area contributed by atoms with Gasteiger partial charge >= 0.3 is 0 Å². The Labute approximate surface area is 121 Å². The van der Waals surface area contributed by atoms with Crippen molar-refractivity contribution in [2.75, 3.05) is 12.1 Å². The third-order valence-corrected chi connectivity index (χ3v) is 3.16. The number of rotatable bonds is 3. The van der Waals surface area contributed by atoms with Crippen LogP contribution in [-0.2, 0) is 4.79 Å². The molecule has 21 heavy (non-hydrogen) atoms. The first-order valence-corrected chi connectivity index (χ1v) is 6.34. The summed E-state index contributed by atoms with van der Waals surface area (Å²) in [5.74, 6) is 0.129. The van der Waals surface area contributed by atoms with Gasteiger partial charge in [0.15, 0.2) is 11.5 Å². The summed E-state index contributed by atoms with van der Waals surface area (Å²) in [6.07, 6.45) is 0. The van der Waals surface area contributed by atoms with Crippen LogP contribution in [0.1, 0.15) is 20.8 Å². The van der Waals surface area contributed by atoms with E-state index in [-0.39, 0.29) is 23.9 Å². The average Bonchev–Trinajstić information content (AvgIpc) is 2.82. The molecule has 2 rings (SSSR count). The van der Waals surface area contributed by atoms with E-state index in [1.807, 2.05) is 20.8 Å². The van der Waals surface area contributed by atoms with Gasteiger partial charge in [-0.05, 0) is 5.41 Å². The van der Waals surface area contributed by atoms with Crippen molar-refractivity contribution in [1.82, 2.24) is 0 Å². The molecule has 0 aromatic heterocycles. The predicted molar refractivity (Wildman–Crippen MR) is 75.3 cm³/mol. The molecule has 1 aromatic carbocycles. The summed E-state index contributed by atoms with van der Waals surface area (Å²) in [7, 11) is 0. The minimum atomic E-state index is -0.803. The number of anilines is 1. The molecule has 0 spiro atoms. The highest BCUT2D eigenvalue weighted by Crippen LogP contribution is 2.40. The molecule has 0 saturated heterocycles. The number of fused-ring (bicyclic) bond motifs is 1. The SMILES string of the molecule is CC(C)(C)C(N)C(=O)Nc1cc2c(cc1[N+](=O)[O-])OCO2. The molecule has 1 atom stereocenters. The highest BCUT2D eigenvalue weighted by molar-refractivity contribution is 5.97. The molecular weight excluding hydrogens is 278 g/mol. The number of ether oxygens (including phenoxy) is 2. The quantitative estimate of drug-likeness (QED) is 0.646. The number of nitrogens with one attached hydrogen (secondary N) is 1. The van der Waals surface area contributed by atoms with Gasteiger partial charge in [-0.1, -0.05) is 20.8 Å². The topological polar surface area (TPSA) is 117 Å². The van der Waals surface area contributed by atoms with Gasteiger partial charge in [0, 0.05) is 6.07 Å². The molecule has 3 N–H and O–H groups in total. The van der Waals surface area contributed by atoms with E-state index in [4.69, 9.17) is 15.2 Å². The van der Waals surface area contributed by atoms with Crippen LogP contribution in [0.5, 0.6) is 11.5 Å². The van der Waals surface area contributed by atoms with Crippen LogP contribution in [0, 0.1) is 15.5 Å². The van der Waals surface area contributed by atoms with Gasteiger partial charge in [0.25, 0.3) is 5.69 Å². The molecular formula is C13H17N3O5. The van der Waals surface area contributed by atoms with E-state index in [1.54, 1.807) is 0 Å². The fourth-order valence-corrected chi connectivity index (χ4v) is 1.79. The van der Waals surface area contributed by atoms with Crippen LogP contribution >= 0.6 is 0 Å². The number of benzene rings is 1. The number of nitrogens with zero attached hydrogens (tertiary/aromatic N) is 1. The second-order valence-corrected chi connectivity index (χ2v) is 5.81. The Bertz CT molecular complexity index is 594. The van der Waals surface area contributed by atoms with Crippen LogP contribution in [0.3, 0.4) is 0 Å². The molecule has 0 aliphatic carbocycles. The first-order valence-electron chi connectivity index (χ1n) is 6.34. The lowest BCUT2D eigenvalue weighted by Gasteiger charge is -2.25. The molecule has 114 valence electrons. The van der Waals surface area contributed by atoms with Gasteiger partial charge in [0.2, 0.25) is 12.7 Å². The van der Waals surface area contributed by atoms with Crippen LogP contribution in [0.2, 0.25) is 0 Å². The lowest BCUT2D eigenvalue weighted by Crippen LogP contribution is -2.45. The minimum Gasteiger partial charge on any atom is -0.454 e. The number of amides is 1. The van der Waals surface area contributed by atoms with Crippen LogP contribution in [0.15, 0.2) is 12.1 Å². The number of hydrogen-bond donors (Lipinski definition) is 2. The monoisotopic (exact) mass is 295 g/mol. The molecule has 0 saturated carbocycles. The summed E-state index contributed by atoms with van der Waals surface area (Å²) in [6, 6.07) is 1.79. The lowest BCUT2D eigenvalue weighted by molar-refractivity contribution is -0.384. The molecule has 8 heteroatoms. The van der Waals surface area contributed by atoms with Gasteiger partial charge in [-0.3, -0.25) is 14.9 Å². The van der Waals surface area contributed by atoms with Crippen molar-refractivity contribution in [1.29, 1.82) is 0 Å². The van der Waals surface area contributed by atoms with Gasteiger partial charge < -0.3 is 20.5 Å². The maximum atomic E-state index is 12.1. The highest BCUT2D eigenvalue weighted by atomic mass is 16.7. The zero-order valence-corrected chi connectivity index (χ0v) is 12.0. The third-order valence-electron chi connectivity index (χ3n) is 3.16. The van der Waals surface area contributed by atoms with E-state index in [2.05, 4.69) is 5.32 Å². The number of nitrogens with two attached hydrogens (primary N) is 1. The Balaban J connectivity index is 2.31. The summed E-state index contributed by atoms with van der Waals surface area (Å²) in [4.78, 5) is 22.6. The molecule has 1 aliphatic heterocycles. The van der Waals surface area contributed by atoms with Crippen molar-refractivity contribution in [2.24, 2.45) is 11.1 Å². The molecule has 0 fully saturated rings. The first kappa shape index (κ1) is 15.0. The predicted octanol–water partition coefficient (Wildman–Crippen LogP) is 1.64. The van der Waals surface area contributed by atoms with Gasteiger partial charge in [-0.2, -0.15) is 0 Å². The Morgan fingerprint density at radius 1 is 1.38 bits per heavy atom. The van der Waals surface area contributed by atoms with Crippen LogP contribution in [0.25, 0.3) is 0 Å². The van der Waals surface area contributed by atoms with Crippen molar-refractivity contribution >= 4 is 17.3 Å². The van der Waals surface area contributed by atoms with Crippen molar-refractivity contribution in [3.05, 3.63) is 22.2 Å². The lowest BCUT2D eigenvalue weighted by atomic mass is 9.87. The summed E-state index contributed by atoms with van der Waals surface area (Å²) >= 11 is 0. The van der Waals surface area contributed by atoms with Crippen LogP contribution < -0.4 is 20.5 Å². The minimum absolute atomic E-state index is 0.00854. The van der Waals surface area contributed by atoms with Crippen molar-refractivity contribution in [3.63, 3.8) is 0 Å². The fourth-order valence-electron chi connectivity index (χ4n) is 1.79. The van der Waals surface area contributed by atoms with E-state index in [1.165, 1.54) is 12.1 Å². The van der Waals surface area contributed by atoms with Crippen molar-refractivity contribution in [2.45, 2.75) is 26.8 Å². The highest BCUT2D eigenvalue weighted by Gasteiger charge is 2.30. The average molecular weight is 295 g/mol. The van der Waals surface area contributed by atoms with Crippen LogP contribution in [0.4, 0.5) is 11.4 Å². The zero-order chi connectivity index (χ0) is 15.8. The molecule has 0 bridgehead atoms. The van der Waals surface area contributed by atoms with Gasteiger partial charge in [0.05, 0.1) is 17.0 Å². The summed E-state index contributed by atoms with van der Waals surface area (Å²) in [5, 5.41) is 13.6. The standard InChI is InChI=1S/C13H17N3O5/c1-13(2,3)11(14)12(17)15-7-4-9-10(21-6-20-9)5-8(7)16(18)19/h4-5,11H,6,14H2,1-3H3,(H,15,17). The fraction of sp³-hybridized carbons (Fsp3) is 0.462. The Morgan fingerprint density at radius 2 is 1.95 bits per heavy atom. The van der Waals surface area contributed by atoms with E-state index < -0.39 is 22.3 Å². The number of carbonyl (C=O) groups excluding carboxylic acids is 1. The maximum Gasteiger partial charge on any atom is 0.296 e. The maximum absolute atomic E-state index is 12.1. The van der Waals surface area contributed by atoms with E-state index in [0.717, 1.165) is 0 Å². The number of hydrogen-bond acceptors (Lipinski definition) is 6. The second-order valence-electron chi connectivity index (χ2n) is 5.81. The molecule has 1 aliphatic rings. The zero-order valence-electron chi connectivity index (χ0n) is 12.0. The Hall–Kier alpha value is -2.35. The van der Waals surface area contributed by atoms with Crippen molar-refractivity contribution in [3.8, 4) is 11.5 Å². The molecule has 1 unspecified atom stereocenters. The number of carbonyl (C=O) groups is 1. The van der Waals surface area contributed by atoms with Gasteiger partial charge in [-0.15, -0.1) is 0 Å². The van der Waals surface area contributed by atoms with E-state index in [0.29, 0.717) is 5.75 Å². The largest absolute Gasteiger partial charge is 0.454 e. The molecule has 8 nitrogen and oxygen atoms in total. The normalized spacial score (nSPS) is 14.7. The number of nitro groups is 1. The van der Waals surface area contributed by atoms with Crippen molar-refractivity contribution < 1.29 is 19.2 Å². The molecule has 1 amide bonds. The third kappa shape index (κ3) is 3.05. The van der Waals surface area contributed by atoms with E-state index in [9.17, 15) is 14.9 Å². The first-order chi connectivity index (χ1) is 9.70. The summed E-state index contributed by atoms with van der Waals surface area (Å²) in [5.41, 5.74) is 5.15. The van der Waals surface area contributed by atoms with Gasteiger partial charge in [-0.25, -0.2) is 0 Å². The summed E-state index contributed by atoms with van der Waals surface area (Å²) < 4.78 is 10.2. The molecule has 0 radical (unpaired) electrons. The van der Waals surface area contributed by atoms with Crippen LogP contribution in [-0.4, -0.2) is 23.7 Å². The molecule has 1 aromatic rings. The smallest absolute Gasteiger partial charge is 0.296 e.